The van der Waals surface area contributed by atoms with Gasteiger partial charge in [-0.05, 0) is 64.0 Å². The molecule has 0 saturated carbocycles. The second-order valence-electron chi connectivity index (χ2n) is 16.5. The van der Waals surface area contributed by atoms with Gasteiger partial charge in [-0.3, -0.25) is 4.98 Å². The number of fused-ring (bicyclic) bond motifs is 4. The molecule has 4 nitrogen and oxygen atoms in total. The first-order valence-electron chi connectivity index (χ1n) is 20.0. The molecule has 1 radical (unpaired) electrons. The van der Waals surface area contributed by atoms with E-state index >= 15 is 0 Å². The van der Waals surface area contributed by atoms with Crippen LogP contribution < -0.4 is 5.19 Å². The zero-order valence-corrected chi connectivity index (χ0v) is 37.7. The Balaban J connectivity index is 0.000000187. The fourth-order valence-corrected chi connectivity index (χ4v) is 9.46. The van der Waals surface area contributed by atoms with Crippen molar-refractivity contribution < 1.29 is 24.5 Å². The first kappa shape index (κ1) is 40.8. The standard InChI is InChI=1S/C31H27N2O.C21H22NSi.Ir/c1-19(2)21-12-9-13-22(20(3)4)29(21)33-27-17-7-6-16-26(27)32-31(33)25-15-10-14-24-23-11-5-8-18-28(23)34-30(24)25;1-23(2,3)21-16-22-20(18-12-8-5-9-13-18)15-19(21)14-17-10-6-4-7-11-17;/h5-14,16-20H,1-4H3;4-12,15-16H,14H2,1-3H3;/q2*-1;. The Morgan fingerprint density at radius 3 is 2.09 bits per heavy atom. The second kappa shape index (κ2) is 17.2. The zero-order chi connectivity index (χ0) is 39.7. The third kappa shape index (κ3) is 8.15. The molecule has 0 atom stereocenters. The summed E-state index contributed by atoms with van der Waals surface area (Å²) in [7, 11) is -1.43. The molecule has 0 aliphatic rings. The van der Waals surface area contributed by atoms with Crippen molar-refractivity contribution >= 4 is 46.2 Å². The number of imidazole rings is 1. The molecular weight excluding hydrogens is 903 g/mol. The summed E-state index contributed by atoms with van der Waals surface area (Å²) in [5.41, 5.74) is 13.3. The molecule has 0 bridgehead atoms. The molecular formula is C52H49IrN3OSi-2. The summed E-state index contributed by atoms with van der Waals surface area (Å²) in [6.07, 6.45) is 3.06. The van der Waals surface area contributed by atoms with E-state index in [1.54, 1.807) is 0 Å². The molecule has 9 rings (SSSR count). The van der Waals surface area contributed by atoms with E-state index in [4.69, 9.17) is 14.4 Å². The van der Waals surface area contributed by atoms with E-state index in [1.165, 1.54) is 33.1 Å². The minimum atomic E-state index is -1.43. The fraction of sp³-hybridized carbons (Fsp3) is 0.192. The van der Waals surface area contributed by atoms with Crippen LogP contribution in [0.15, 0.2) is 150 Å². The van der Waals surface area contributed by atoms with Crippen molar-refractivity contribution in [1.82, 2.24) is 14.5 Å². The largest absolute Gasteiger partial charge is 0.501 e. The van der Waals surface area contributed by atoms with Gasteiger partial charge in [-0.2, -0.15) is 0 Å². The fourth-order valence-electron chi connectivity index (χ4n) is 7.88. The van der Waals surface area contributed by atoms with E-state index < -0.39 is 8.07 Å². The molecule has 0 amide bonds. The van der Waals surface area contributed by atoms with Crippen LogP contribution in [0.3, 0.4) is 0 Å². The minimum absolute atomic E-state index is 0. The van der Waals surface area contributed by atoms with Crippen molar-refractivity contribution in [1.29, 1.82) is 0 Å². The number of hydrogen-bond donors (Lipinski definition) is 0. The van der Waals surface area contributed by atoms with Crippen LogP contribution in [0.5, 0.6) is 0 Å². The van der Waals surface area contributed by atoms with Gasteiger partial charge >= 0.3 is 0 Å². The van der Waals surface area contributed by atoms with Gasteiger partial charge in [0, 0.05) is 37.4 Å². The number of para-hydroxylation sites is 4. The van der Waals surface area contributed by atoms with Crippen molar-refractivity contribution in [3.05, 3.63) is 180 Å². The third-order valence-corrected chi connectivity index (χ3v) is 12.8. The number of rotatable bonds is 8. The molecule has 0 N–H and O–H groups in total. The van der Waals surface area contributed by atoms with E-state index in [1.807, 2.05) is 42.5 Å². The molecule has 58 heavy (non-hydrogen) atoms. The van der Waals surface area contributed by atoms with E-state index in [2.05, 4.69) is 167 Å². The number of benzene rings is 6. The molecule has 6 heteroatoms. The zero-order valence-electron chi connectivity index (χ0n) is 34.3. The average molecular weight is 952 g/mol. The van der Waals surface area contributed by atoms with Gasteiger partial charge in [-0.1, -0.05) is 149 Å². The van der Waals surface area contributed by atoms with Gasteiger partial charge in [0.25, 0.3) is 0 Å². The molecule has 9 aromatic rings. The van der Waals surface area contributed by atoms with Gasteiger partial charge in [-0.25, -0.2) is 0 Å². The van der Waals surface area contributed by atoms with Gasteiger partial charge in [-0.15, -0.1) is 54.1 Å². The maximum absolute atomic E-state index is 6.40. The van der Waals surface area contributed by atoms with Gasteiger partial charge < -0.3 is 14.0 Å². The predicted molar refractivity (Wildman–Crippen MR) is 242 cm³/mol. The number of aromatic nitrogens is 3. The minimum Gasteiger partial charge on any atom is -0.501 e. The molecule has 0 fully saturated rings. The summed E-state index contributed by atoms with van der Waals surface area (Å²) in [6.45, 7) is 16.2. The summed E-state index contributed by atoms with van der Waals surface area (Å²) >= 11 is 0. The number of furan rings is 1. The van der Waals surface area contributed by atoms with Crippen LogP contribution >= 0.6 is 0 Å². The number of nitrogens with zero attached hydrogens (tertiary/aromatic N) is 3. The first-order chi connectivity index (χ1) is 27.6. The second-order valence-corrected chi connectivity index (χ2v) is 21.5. The van der Waals surface area contributed by atoms with Crippen LogP contribution in [0.4, 0.5) is 0 Å². The van der Waals surface area contributed by atoms with Gasteiger partial charge in [0.2, 0.25) is 0 Å². The van der Waals surface area contributed by atoms with Crippen molar-refractivity contribution in [2.24, 2.45) is 0 Å². The van der Waals surface area contributed by atoms with Crippen LogP contribution in [0.25, 0.3) is 61.3 Å². The van der Waals surface area contributed by atoms with Crippen LogP contribution in [-0.2, 0) is 26.5 Å². The summed E-state index contributed by atoms with van der Waals surface area (Å²) in [5.74, 6) is 1.60. The van der Waals surface area contributed by atoms with E-state index in [0.29, 0.717) is 11.8 Å². The molecule has 293 valence electrons. The van der Waals surface area contributed by atoms with Gasteiger partial charge in [0.05, 0.1) is 30.5 Å². The molecule has 0 aliphatic carbocycles. The Morgan fingerprint density at radius 1 is 0.690 bits per heavy atom. The van der Waals surface area contributed by atoms with Crippen LogP contribution in [0.1, 0.15) is 61.8 Å². The number of pyridine rings is 1. The smallest absolute Gasteiger partial charge is 0.120 e. The van der Waals surface area contributed by atoms with E-state index in [-0.39, 0.29) is 20.1 Å². The third-order valence-electron chi connectivity index (χ3n) is 10.7. The predicted octanol–water partition coefficient (Wildman–Crippen LogP) is 13.3. The van der Waals surface area contributed by atoms with Gasteiger partial charge in [0.1, 0.15) is 5.58 Å². The molecule has 3 heterocycles. The van der Waals surface area contributed by atoms with Crippen LogP contribution in [0.2, 0.25) is 19.6 Å². The van der Waals surface area contributed by atoms with Crippen LogP contribution in [-0.4, -0.2) is 22.6 Å². The average Bonchev–Trinajstić information content (AvgIpc) is 3.80. The normalized spacial score (nSPS) is 11.6. The molecule has 6 aromatic carbocycles. The Labute approximate surface area is 357 Å². The quantitative estimate of drug-likeness (QED) is 0.113. The molecule has 0 saturated heterocycles. The Morgan fingerprint density at radius 2 is 1.38 bits per heavy atom. The van der Waals surface area contributed by atoms with Crippen molar-refractivity contribution in [3.63, 3.8) is 0 Å². The Hall–Kier alpha value is -5.39. The number of hydrogen-bond acceptors (Lipinski definition) is 3. The monoisotopic (exact) mass is 952 g/mol. The molecule has 3 aromatic heterocycles. The molecule has 0 spiro atoms. The van der Waals surface area contributed by atoms with Crippen molar-refractivity contribution in [2.75, 3.05) is 0 Å². The van der Waals surface area contributed by atoms with Crippen molar-refractivity contribution in [3.8, 4) is 28.3 Å². The molecule has 0 aliphatic heterocycles. The Bertz CT molecular complexity index is 2790. The van der Waals surface area contributed by atoms with Crippen molar-refractivity contribution in [2.45, 2.75) is 65.6 Å². The maximum atomic E-state index is 6.40. The van der Waals surface area contributed by atoms with Gasteiger partial charge in [0.15, 0.2) is 0 Å². The maximum Gasteiger partial charge on any atom is 0.120 e. The van der Waals surface area contributed by atoms with E-state index in [0.717, 1.165) is 62.0 Å². The summed E-state index contributed by atoms with van der Waals surface area (Å²) in [4.78, 5) is 9.87. The summed E-state index contributed by atoms with van der Waals surface area (Å²) in [5, 5.41) is 3.64. The Kier molecular flexibility index (Phi) is 12.1. The molecule has 0 unspecified atom stereocenters. The topological polar surface area (TPSA) is 43.9 Å². The van der Waals surface area contributed by atoms with Crippen LogP contribution in [0, 0.1) is 12.1 Å². The first-order valence-corrected chi connectivity index (χ1v) is 23.5. The summed E-state index contributed by atoms with van der Waals surface area (Å²) < 4.78 is 8.73. The summed E-state index contributed by atoms with van der Waals surface area (Å²) in [6, 6.07) is 55.1. The SMILES string of the molecule is CC(C)c1cccc(C(C)C)c1-n1c(-c2[c-]ccc3c2oc2ccccc23)nc2ccccc21.C[Si](C)(C)c1cnc(-c2[c-]cccc2)cc1Cc1ccccc1.[Ir]. The van der Waals surface area contributed by atoms with E-state index in [9.17, 15) is 0 Å².